The van der Waals surface area contributed by atoms with Crippen molar-refractivity contribution in [1.82, 2.24) is 35.1 Å². The van der Waals surface area contributed by atoms with E-state index in [-0.39, 0.29) is 42.6 Å². The molecule has 3 N–H and O–H groups in total. The highest BCUT2D eigenvalue weighted by Gasteiger charge is 2.37. The van der Waals surface area contributed by atoms with E-state index in [1.807, 2.05) is 24.9 Å². The summed E-state index contributed by atoms with van der Waals surface area (Å²) in [6.45, 7) is 4.93. The van der Waals surface area contributed by atoms with Crippen molar-refractivity contribution in [3.8, 4) is 28.1 Å². The van der Waals surface area contributed by atoms with Crippen molar-refractivity contribution in [1.29, 1.82) is 0 Å². The highest BCUT2D eigenvalue weighted by molar-refractivity contribution is 6.07. The Labute approximate surface area is 301 Å². The van der Waals surface area contributed by atoms with Crippen molar-refractivity contribution in [3.63, 3.8) is 0 Å². The van der Waals surface area contributed by atoms with Crippen LogP contribution in [-0.4, -0.2) is 87.1 Å². The minimum Gasteiger partial charge on any atom is -0.488 e. The number of amides is 3. The fourth-order valence-corrected chi connectivity index (χ4v) is 8.06. The summed E-state index contributed by atoms with van der Waals surface area (Å²) in [4.78, 5) is 58.2. The first-order valence-electron chi connectivity index (χ1n) is 17.9. The lowest BCUT2D eigenvalue weighted by Crippen LogP contribution is -2.43. The molecule has 0 spiro atoms. The third-order valence-corrected chi connectivity index (χ3v) is 10.9. The number of aromatic nitrogens is 4. The molecule has 3 aromatic carbocycles. The molecule has 13 heteroatoms. The summed E-state index contributed by atoms with van der Waals surface area (Å²) in [5.74, 6) is 2.25. The van der Waals surface area contributed by atoms with Crippen LogP contribution in [0, 0.1) is 0 Å². The van der Waals surface area contributed by atoms with Gasteiger partial charge >= 0.3 is 6.09 Å². The summed E-state index contributed by atoms with van der Waals surface area (Å²) < 4.78 is 16.3. The molecule has 3 aliphatic heterocycles. The monoisotopic (exact) mass is 705 g/mol. The molecule has 8 rings (SSSR count). The number of nitrogens with one attached hydrogen (secondary N) is 3. The molecule has 3 amide bonds. The molecule has 2 fully saturated rings. The fourth-order valence-electron chi connectivity index (χ4n) is 8.06. The molecule has 2 aromatic heterocycles. The van der Waals surface area contributed by atoms with Crippen molar-refractivity contribution in [2.24, 2.45) is 0 Å². The number of carbonyl (C=O) groups is 3. The van der Waals surface area contributed by atoms with E-state index >= 15 is 0 Å². The first-order valence-corrected chi connectivity index (χ1v) is 17.9. The Balaban J connectivity index is 1.04. The Bertz CT molecular complexity index is 2190. The average molecular weight is 706 g/mol. The fraction of sp³-hybridized carbons (Fsp3) is 0.410. The predicted molar refractivity (Wildman–Crippen MR) is 194 cm³/mol. The minimum atomic E-state index is -0.636. The maximum absolute atomic E-state index is 13.1. The van der Waals surface area contributed by atoms with Gasteiger partial charge in [-0.3, -0.25) is 9.59 Å². The number of methoxy groups -OCH3 is 2. The maximum atomic E-state index is 13.1. The maximum Gasteiger partial charge on any atom is 0.407 e. The van der Waals surface area contributed by atoms with Gasteiger partial charge in [0.2, 0.25) is 11.8 Å². The largest absolute Gasteiger partial charge is 0.488 e. The van der Waals surface area contributed by atoms with Crippen LogP contribution < -0.4 is 10.1 Å². The molecule has 52 heavy (non-hydrogen) atoms. The van der Waals surface area contributed by atoms with Gasteiger partial charge in [0, 0.05) is 30.6 Å². The Morgan fingerprint density at radius 3 is 2.69 bits per heavy atom. The molecule has 270 valence electrons. The molecule has 0 radical (unpaired) electrons. The highest BCUT2D eigenvalue weighted by atomic mass is 16.5. The van der Waals surface area contributed by atoms with Crippen LogP contribution in [0.4, 0.5) is 4.79 Å². The van der Waals surface area contributed by atoms with Crippen molar-refractivity contribution in [2.45, 2.75) is 76.8 Å². The predicted octanol–water partition coefficient (Wildman–Crippen LogP) is 6.16. The Hall–Kier alpha value is -5.43. The topological polar surface area (TPSA) is 155 Å². The van der Waals surface area contributed by atoms with Crippen LogP contribution in [0.3, 0.4) is 0 Å². The van der Waals surface area contributed by atoms with E-state index in [2.05, 4.69) is 67.5 Å². The molecular formula is C39H43N7O6. The summed E-state index contributed by atoms with van der Waals surface area (Å²) in [6, 6.07) is 14.5. The van der Waals surface area contributed by atoms with Crippen LogP contribution in [-0.2, 0) is 25.7 Å². The molecule has 3 aliphatic rings. The van der Waals surface area contributed by atoms with Gasteiger partial charge in [-0.05, 0) is 85.9 Å². The van der Waals surface area contributed by atoms with Crippen molar-refractivity contribution >= 4 is 39.7 Å². The number of fused-ring (bicyclic) bond motifs is 6. The van der Waals surface area contributed by atoms with Gasteiger partial charge in [0.15, 0.2) is 0 Å². The molecule has 4 atom stereocenters. The second-order valence-electron chi connectivity index (χ2n) is 14.1. The van der Waals surface area contributed by atoms with E-state index in [0.29, 0.717) is 13.0 Å². The van der Waals surface area contributed by atoms with Crippen molar-refractivity contribution < 1.29 is 28.6 Å². The standard InChI is InChI=1S/C39H43N7O6/c1-21-7-12-32(46(21)35(48)19-41-39(49)51-4)37-40-18-30(43-37)24-8-10-26-25(15-24)20-52-33-17-27-23(16-28(26)33)9-11-29-36(27)44-38(42-29)31-6-5-13-45(31)34(47)14-22(2)50-3/h8-11,15-18,21-22,31-32H,5-7,12-14,19-20H2,1-4H3,(H,40,43)(H,41,49)(H,42,44)/t21-,22-,31?,32?/m0/s1. The van der Waals surface area contributed by atoms with Crippen molar-refractivity contribution in [2.75, 3.05) is 27.3 Å². The van der Waals surface area contributed by atoms with Gasteiger partial charge in [-0.2, -0.15) is 0 Å². The normalized spacial score (nSPS) is 20.1. The van der Waals surface area contributed by atoms with Gasteiger partial charge in [-0.1, -0.05) is 18.2 Å². The lowest BCUT2D eigenvalue weighted by molar-refractivity contribution is -0.134. The number of hydrogen-bond acceptors (Lipinski definition) is 8. The number of hydrogen-bond donors (Lipinski definition) is 3. The van der Waals surface area contributed by atoms with Crippen LogP contribution in [0.15, 0.2) is 48.7 Å². The number of benzene rings is 3. The summed E-state index contributed by atoms with van der Waals surface area (Å²) >= 11 is 0. The van der Waals surface area contributed by atoms with E-state index in [1.54, 1.807) is 12.0 Å². The summed E-state index contributed by atoms with van der Waals surface area (Å²) in [7, 11) is 2.90. The smallest absolute Gasteiger partial charge is 0.407 e. The van der Waals surface area contributed by atoms with Gasteiger partial charge in [-0.15, -0.1) is 0 Å². The Kier molecular flexibility index (Phi) is 8.82. The second-order valence-corrected chi connectivity index (χ2v) is 14.1. The zero-order valence-electron chi connectivity index (χ0n) is 29.8. The molecule has 0 aliphatic carbocycles. The van der Waals surface area contributed by atoms with Crippen LogP contribution >= 0.6 is 0 Å². The van der Waals surface area contributed by atoms with E-state index in [0.717, 1.165) is 99.4 Å². The number of likely N-dealkylation sites (tertiary alicyclic amines) is 2. The van der Waals surface area contributed by atoms with Gasteiger partial charge in [0.05, 0.1) is 54.6 Å². The van der Waals surface area contributed by atoms with E-state index in [4.69, 9.17) is 14.5 Å². The molecule has 2 unspecified atom stereocenters. The molecule has 0 saturated carbocycles. The zero-order valence-corrected chi connectivity index (χ0v) is 29.8. The van der Waals surface area contributed by atoms with Crippen LogP contribution in [0.5, 0.6) is 5.75 Å². The van der Waals surface area contributed by atoms with Crippen LogP contribution in [0.1, 0.15) is 75.2 Å². The quantitative estimate of drug-likeness (QED) is 0.173. The Morgan fingerprint density at radius 2 is 1.87 bits per heavy atom. The minimum absolute atomic E-state index is 0.0253. The van der Waals surface area contributed by atoms with Gasteiger partial charge in [-0.25, -0.2) is 14.8 Å². The number of H-pyrrole nitrogens is 2. The number of alkyl carbamates (subject to hydrolysis) is 1. The van der Waals surface area contributed by atoms with E-state index < -0.39 is 6.09 Å². The number of rotatable bonds is 8. The first kappa shape index (κ1) is 33.7. The molecular weight excluding hydrogens is 662 g/mol. The Morgan fingerprint density at radius 1 is 1.00 bits per heavy atom. The molecule has 5 heterocycles. The van der Waals surface area contributed by atoms with Gasteiger partial charge in [0.1, 0.15) is 30.5 Å². The van der Waals surface area contributed by atoms with Gasteiger partial charge < -0.3 is 39.3 Å². The van der Waals surface area contributed by atoms with Gasteiger partial charge in [0.25, 0.3) is 0 Å². The molecule has 2 saturated heterocycles. The third kappa shape index (κ3) is 6.02. The highest BCUT2D eigenvalue weighted by Crippen LogP contribution is 2.43. The van der Waals surface area contributed by atoms with Crippen LogP contribution in [0.25, 0.3) is 44.2 Å². The molecule has 0 bridgehead atoms. The lowest BCUT2D eigenvalue weighted by atomic mass is 9.92. The SMILES string of the molecule is COC(=O)NCC(=O)N1C(c2ncc(-c3ccc4c(c3)COc3cc5c(ccc6[nH]c(C7CCCN7C(=O)C[C@H](C)OC)nc65)cc3-4)[nH]2)CC[C@@H]1C. The molecule has 13 nitrogen and oxygen atoms in total. The summed E-state index contributed by atoms with van der Waals surface area (Å²) in [5.41, 5.74) is 6.84. The number of imidazole rings is 2. The number of nitrogens with zero attached hydrogens (tertiary/aromatic N) is 4. The number of carbonyl (C=O) groups excluding carboxylic acids is 3. The van der Waals surface area contributed by atoms with Crippen LogP contribution in [0.2, 0.25) is 0 Å². The number of aromatic amines is 2. The van der Waals surface area contributed by atoms with E-state index in [1.165, 1.54) is 7.11 Å². The average Bonchev–Trinajstić information content (AvgIpc) is 3.98. The number of ether oxygens (including phenoxy) is 3. The van der Waals surface area contributed by atoms with E-state index in [9.17, 15) is 14.4 Å². The third-order valence-electron chi connectivity index (χ3n) is 10.9. The first-order chi connectivity index (χ1) is 25.2. The lowest BCUT2D eigenvalue weighted by Gasteiger charge is -2.27. The summed E-state index contributed by atoms with van der Waals surface area (Å²) in [6.07, 6.45) is 4.83. The second kappa shape index (κ2) is 13.6. The zero-order chi connectivity index (χ0) is 36.1. The van der Waals surface area contributed by atoms with Crippen molar-refractivity contribution in [3.05, 3.63) is 65.9 Å². The summed E-state index contributed by atoms with van der Waals surface area (Å²) in [5, 5.41) is 4.55. The molecule has 5 aromatic rings.